The van der Waals surface area contributed by atoms with E-state index in [1.165, 1.54) is 66.4 Å². The molecule has 0 atom stereocenters. The third kappa shape index (κ3) is 5.48. The molecule has 2 nitrogen and oxygen atoms in total. The van der Waals surface area contributed by atoms with Crippen LogP contribution in [-0.4, -0.2) is 0 Å². The van der Waals surface area contributed by atoms with E-state index in [0.717, 1.165) is 44.6 Å². The average Bonchev–Trinajstić information content (AvgIpc) is 3.75. The molecule has 0 unspecified atom stereocenters. The number of benzene rings is 9. The summed E-state index contributed by atoms with van der Waals surface area (Å²) in [6.45, 7) is 6.96. The van der Waals surface area contributed by atoms with E-state index in [-0.39, 0.29) is 5.41 Å². The van der Waals surface area contributed by atoms with Crippen molar-refractivity contribution >= 4 is 49.8 Å². The fourth-order valence-electron chi connectivity index (χ4n) is 9.38. The van der Waals surface area contributed by atoms with Crippen LogP contribution in [0.4, 0.5) is 17.1 Å². The molecule has 0 fully saturated rings. The SMILES string of the molecule is Cc1cccc2c1-c1ccc(N(c3ccc(-c4ccc5oc6ccccc6c5c4)cc3)c3ccc(-c4cc5ccccc5cc4-c4ccccc4)cc3)cc1C2(C)C. The summed E-state index contributed by atoms with van der Waals surface area (Å²) < 4.78 is 6.14. The number of fused-ring (bicyclic) bond motifs is 7. The van der Waals surface area contributed by atoms with E-state index in [1.54, 1.807) is 0 Å². The molecule has 0 saturated heterocycles. The van der Waals surface area contributed by atoms with Crippen LogP contribution in [0.5, 0.6) is 0 Å². The molecule has 58 heavy (non-hydrogen) atoms. The van der Waals surface area contributed by atoms with Gasteiger partial charge in [-0.15, -0.1) is 0 Å². The highest BCUT2D eigenvalue weighted by atomic mass is 16.3. The van der Waals surface area contributed by atoms with Crippen LogP contribution in [0.25, 0.3) is 77.2 Å². The quantitative estimate of drug-likeness (QED) is 0.169. The lowest BCUT2D eigenvalue weighted by Gasteiger charge is -2.28. The monoisotopic (exact) mass is 743 g/mol. The minimum atomic E-state index is -0.119. The van der Waals surface area contributed by atoms with Gasteiger partial charge in [0, 0.05) is 33.2 Å². The summed E-state index contributed by atoms with van der Waals surface area (Å²) in [4.78, 5) is 2.41. The van der Waals surface area contributed by atoms with Crippen molar-refractivity contribution in [3.8, 4) is 44.5 Å². The van der Waals surface area contributed by atoms with Gasteiger partial charge in [0.2, 0.25) is 0 Å². The van der Waals surface area contributed by atoms with E-state index in [4.69, 9.17) is 4.42 Å². The van der Waals surface area contributed by atoms with Crippen LogP contribution in [0, 0.1) is 6.92 Å². The number of hydrogen-bond acceptors (Lipinski definition) is 2. The minimum absolute atomic E-state index is 0.119. The molecule has 1 aromatic heterocycles. The fourth-order valence-corrected chi connectivity index (χ4v) is 9.38. The van der Waals surface area contributed by atoms with Crippen LogP contribution in [0.15, 0.2) is 199 Å². The van der Waals surface area contributed by atoms with Crippen LogP contribution in [0.2, 0.25) is 0 Å². The lowest BCUT2D eigenvalue weighted by atomic mass is 9.82. The van der Waals surface area contributed by atoms with Crippen LogP contribution in [0.1, 0.15) is 30.5 Å². The highest BCUT2D eigenvalue weighted by molar-refractivity contribution is 6.06. The first kappa shape index (κ1) is 34.1. The second-order valence-corrected chi connectivity index (χ2v) is 16.2. The Morgan fingerprint density at radius 1 is 0.397 bits per heavy atom. The van der Waals surface area contributed by atoms with E-state index < -0.39 is 0 Å². The molecule has 2 heteroatoms. The molecule has 0 bridgehead atoms. The van der Waals surface area contributed by atoms with Gasteiger partial charge in [0.15, 0.2) is 0 Å². The predicted molar refractivity (Wildman–Crippen MR) is 245 cm³/mol. The van der Waals surface area contributed by atoms with Gasteiger partial charge in [-0.1, -0.05) is 141 Å². The van der Waals surface area contributed by atoms with Gasteiger partial charge in [-0.3, -0.25) is 0 Å². The van der Waals surface area contributed by atoms with E-state index in [1.807, 2.05) is 12.1 Å². The molecule has 1 heterocycles. The number of anilines is 3. The van der Waals surface area contributed by atoms with Crippen molar-refractivity contribution in [3.63, 3.8) is 0 Å². The molecule has 0 saturated carbocycles. The molecule has 1 aliphatic rings. The van der Waals surface area contributed by atoms with Crippen molar-refractivity contribution < 1.29 is 4.42 Å². The molecule has 0 amide bonds. The Morgan fingerprint density at radius 2 is 0.983 bits per heavy atom. The van der Waals surface area contributed by atoms with Crippen molar-refractivity contribution in [2.45, 2.75) is 26.2 Å². The molecular formula is C56H41NO. The largest absolute Gasteiger partial charge is 0.456 e. The van der Waals surface area contributed by atoms with Gasteiger partial charge in [-0.25, -0.2) is 0 Å². The standard InChI is InChI=1S/C56H41NO/c1-36-12-11-18-51-55(36)47-30-29-45(35-52(47)56(51,2)3)57(43-25-20-37(21-26-43)42-24-31-54-50(34-42)46-17-9-10-19-53(46)58-54)44-27-22-39(23-28-44)49-33-41-16-8-7-15-40(41)32-48(49)38-13-5-4-6-14-38/h4-35H,1-3H3. The molecule has 9 aromatic carbocycles. The predicted octanol–water partition coefficient (Wildman–Crippen LogP) is 15.8. The zero-order valence-corrected chi connectivity index (χ0v) is 32.8. The summed E-state index contributed by atoms with van der Waals surface area (Å²) in [6, 6.07) is 70.8. The second kappa shape index (κ2) is 13.2. The van der Waals surface area contributed by atoms with Gasteiger partial charge >= 0.3 is 0 Å². The van der Waals surface area contributed by atoms with E-state index >= 15 is 0 Å². The normalized spacial score (nSPS) is 12.9. The Bertz CT molecular complexity index is 3190. The van der Waals surface area contributed by atoms with Crippen LogP contribution in [0.3, 0.4) is 0 Å². The third-order valence-electron chi connectivity index (χ3n) is 12.4. The molecule has 1 aliphatic carbocycles. The first-order valence-corrected chi connectivity index (χ1v) is 20.2. The van der Waals surface area contributed by atoms with Gasteiger partial charge in [0.25, 0.3) is 0 Å². The van der Waals surface area contributed by atoms with Gasteiger partial charge in [0.05, 0.1) is 0 Å². The van der Waals surface area contributed by atoms with E-state index in [9.17, 15) is 0 Å². The summed E-state index contributed by atoms with van der Waals surface area (Å²) in [7, 11) is 0. The lowest BCUT2D eigenvalue weighted by molar-refractivity contribution is 0.660. The molecule has 10 aromatic rings. The summed E-state index contributed by atoms with van der Waals surface area (Å²) >= 11 is 0. The fraction of sp³-hybridized carbons (Fsp3) is 0.0714. The Hall–Kier alpha value is -7.16. The zero-order chi connectivity index (χ0) is 39.0. The lowest BCUT2D eigenvalue weighted by Crippen LogP contribution is -2.16. The van der Waals surface area contributed by atoms with Crippen molar-refractivity contribution in [2.75, 3.05) is 4.90 Å². The van der Waals surface area contributed by atoms with Crippen LogP contribution >= 0.6 is 0 Å². The Kier molecular flexibility index (Phi) is 7.78. The summed E-state index contributed by atoms with van der Waals surface area (Å²) in [5.74, 6) is 0. The molecule has 11 rings (SSSR count). The number of rotatable bonds is 6. The van der Waals surface area contributed by atoms with Crippen molar-refractivity contribution in [2.24, 2.45) is 0 Å². The topological polar surface area (TPSA) is 16.4 Å². The second-order valence-electron chi connectivity index (χ2n) is 16.2. The Labute approximate surface area is 339 Å². The Balaban J connectivity index is 1.03. The molecule has 0 radical (unpaired) electrons. The van der Waals surface area contributed by atoms with Crippen molar-refractivity contribution in [1.29, 1.82) is 0 Å². The van der Waals surface area contributed by atoms with Crippen molar-refractivity contribution in [1.82, 2.24) is 0 Å². The molecular weight excluding hydrogens is 703 g/mol. The number of hydrogen-bond donors (Lipinski definition) is 0. The zero-order valence-electron chi connectivity index (χ0n) is 32.8. The highest BCUT2D eigenvalue weighted by Crippen LogP contribution is 2.52. The first-order valence-electron chi connectivity index (χ1n) is 20.2. The number of nitrogens with zero attached hydrogens (tertiary/aromatic N) is 1. The molecule has 0 aliphatic heterocycles. The molecule has 0 spiro atoms. The van der Waals surface area contributed by atoms with Gasteiger partial charge in [-0.2, -0.15) is 0 Å². The van der Waals surface area contributed by atoms with E-state index in [0.29, 0.717) is 0 Å². The molecule has 0 N–H and O–H groups in total. The van der Waals surface area contributed by atoms with Gasteiger partial charge < -0.3 is 9.32 Å². The highest BCUT2D eigenvalue weighted by Gasteiger charge is 2.36. The molecule has 276 valence electrons. The first-order chi connectivity index (χ1) is 28.4. The van der Waals surface area contributed by atoms with Crippen molar-refractivity contribution in [3.05, 3.63) is 211 Å². The van der Waals surface area contributed by atoms with Gasteiger partial charge in [-0.05, 0) is 146 Å². The van der Waals surface area contributed by atoms with Crippen LogP contribution < -0.4 is 4.90 Å². The summed E-state index contributed by atoms with van der Waals surface area (Å²) in [5.41, 5.74) is 19.0. The van der Waals surface area contributed by atoms with E-state index in [2.05, 4.69) is 208 Å². The summed E-state index contributed by atoms with van der Waals surface area (Å²) in [5, 5.41) is 4.76. The number of para-hydroxylation sites is 1. The minimum Gasteiger partial charge on any atom is -0.456 e. The number of furan rings is 1. The van der Waals surface area contributed by atoms with Gasteiger partial charge in [0.1, 0.15) is 11.2 Å². The van der Waals surface area contributed by atoms with Crippen LogP contribution in [-0.2, 0) is 5.41 Å². The smallest absolute Gasteiger partial charge is 0.135 e. The maximum atomic E-state index is 6.14. The maximum Gasteiger partial charge on any atom is 0.135 e. The average molecular weight is 744 g/mol. The maximum absolute atomic E-state index is 6.14. The third-order valence-corrected chi connectivity index (χ3v) is 12.4. The summed E-state index contributed by atoms with van der Waals surface area (Å²) in [6.07, 6.45) is 0. The number of aryl methyl sites for hydroxylation is 1. The Morgan fingerprint density at radius 3 is 1.71 bits per heavy atom.